The molecule has 1 N–H and O–H groups in total. The average molecular weight is 411 g/mol. The van der Waals surface area contributed by atoms with Gasteiger partial charge in [-0.1, -0.05) is 55.0 Å². The molecule has 6 heteroatoms. The Balaban J connectivity index is 1.69. The van der Waals surface area contributed by atoms with E-state index in [1.807, 2.05) is 6.07 Å². The summed E-state index contributed by atoms with van der Waals surface area (Å²) in [6.45, 7) is 0.793. The minimum absolute atomic E-state index is 0.494. The molecule has 25 heavy (non-hydrogen) atoms. The third-order valence-electron chi connectivity index (χ3n) is 4.84. The van der Waals surface area contributed by atoms with Gasteiger partial charge >= 0.3 is 0 Å². The van der Waals surface area contributed by atoms with E-state index in [9.17, 15) is 0 Å². The highest BCUT2D eigenvalue weighted by molar-refractivity contribution is 7.20. The zero-order valence-corrected chi connectivity index (χ0v) is 17.0. The van der Waals surface area contributed by atoms with E-state index in [1.165, 1.54) is 48.3 Å². The molecule has 0 aromatic carbocycles. The maximum atomic E-state index is 6.75. The first kappa shape index (κ1) is 17.6. The predicted octanol–water partition coefficient (Wildman–Crippen LogP) is 7.71. The minimum Gasteiger partial charge on any atom is -0.379 e. The second-order valence-electron chi connectivity index (χ2n) is 6.57. The van der Waals surface area contributed by atoms with Gasteiger partial charge in [-0.3, -0.25) is 0 Å². The van der Waals surface area contributed by atoms with Gasteiger partial charge in [-0.2, -0.15) is 0 Å². The van der Waals surface area contributed by atoms with Crippen molar-refractivity contribution in [2.75, 3.05) is 5.32 Å². The number of thiophene rings is 2. The molecule has 0 atom stereocenters. The van der Waals surface area contributed by atoms with Crippen molar-refractivity contribution < 1.29 is 0 Å². The zero-order chi connectivity index (χ0) is 17.2. The Kier molecular flexibility index (Phi) is 5.51. The molecular weight excluding hydrogens is 391 g/mol. The van der Waals surface area contributed by atoms with Crippen LogP contribution < -0.4 is 5.32 Å². The van der Waals surface area contributed by atoms with Crippen molar-refractivity contribution in [3.8, 4) is 0 Å². The lowest BCUT2D eigenvalue weighted by Crippen LogP contribution is -1.98. The van der Waals surface area contributed by atoms with E-state index in [1.54, 1.807) is 22.7 Å². The fourth-order valence-corrected chi connectivity index (χ4v) is 6.15. The fourth-order valence-electron chi connectivity index (χ4n) is 3.56. The summed E-state index contributed by atoms with van der Waals surface area (Å²) < 4.78 is 1.13. The highest BCUT2D eigenvalue weighted by atomic mass is 35.5. The summed E-state index contributed by atoms with van der Waals surface area (Å²) in [7, 11) is 0. The SMILES string of the molecule is Clc1cc(NCc2cccs2)c2sc(C3CCCCCC3)c(Cl)c2n1. The van der Waals surface area contributed by atoms with Crippen molar-refractivity contribution in [2.45, 2.75) is 51.0 Å². The zero-order valence-electron chi connectivity index (χ0n) is 13.9. The summed E-state index contributed by atoms with van der Waals surface area (Å²) in [6.07, 6.45) is 7.75. The molecule has 1 aliphatic rings. The van der Waals surface area contributed by atoms with Crippen LogP contribution in [0.3, 0.4) is 0 Å². The van der Waals surface area contributed by atoms with Crippen molar-refractivity contribution in [3.63, 3.8) is 0 Å². The van der Waals surface area contributed by atoms with Gasteiger partial charge in [0.1, 0.15) is 10.7 Å². The highest BCUT2D eigenvalue weighted by Gasteiger charge is 2.23. The van der Waals surface area contributed by atoms with Gasteiger partial charge in [0.15, 0.2) is 0 Å². The molecule has 0 spiro atoms. The summed E-state index contributed by atoms with van der Waals surface area (Å²) in [5.74, 6) is 0.568. The van der Waals surface area contributed by atoms with E-state index in [4.69, 9.17) is 23.2 Å². The van der Waals surface area contributed by atoms with Gasteiger partial charge in [-0.25, -0.2) is 4.98 Å². The van der Waals surface area contributed by atoms with Crippen LogP contribution in [-0.2, 0) is 6.54 Å². The van der Waals surface area contributed by atoms with Crippen LogP contribution in [0, 0.1) is 0 Å². The van der Waals surface area contributed by atoms with E-state index in [0.717, 1.165) is 27.5 Å². The number of nitrogens with zero attached hydrogens (tertiary/aromatic N) is 1. The molecule has 3 aromatic heterocycles. The number of hydrogen-bond donors (Lipinski definition) is 1. The molecule has 2 nitrogen and oxygen atoms in total. The summed E-state index contributed by atoms with van der Waals surface area (Å²) >= 11 is 16.6. The van der Waals surface area contributed by atoms with E-state index in [-0.39, 0.29) is 0 Å². The fraction of sp³-hybridized carbons (Fsp3) is 0.421. The molecule has 1 aliphatic carbocycles. The van der Waals surface area contributed by atoms with Crippen molar-refractivity contribution in [3.05, 3.63) is 43.5 Å². The quantitative estimate of drug-likeness (QED) is 0.351. The summed E-state index contributed by atoms with van der Waals surface area (Å²) in [6, 6.07) is 6.13. The van der Waals surface area contributed by atoms with Gasteiger partial charge in [-0.15, -0.1) is 22.7 Å². The average Bonchev–Trinajstić information content (AvgIpc) is 3.14. The Morgan fingerprint density at radius 3 is 2.68 bits per heavy atom. The maximum absolute atomic E-state index is 6.75. The minimum atomic E-state index is 0.494. The van der Waals surface area contributed by atoms with Crippen molar-refractivity contribution in [1.82, 2.24) is 4.98 Å². The largest absolute Gasteiger partial charge is 0.379 e. The molecule has 0 aliphatic heterocycles. The summed E-state index contributed by atoms with van der Waals surface area (Å²) in [5, 5.41) is 6.93. The molecule has 3 heterocycles. The standard InChI is InChI=1S/C19H20Cl2N2S2/c20-15-10-14(22-11-13-8-5-9-24-13)19-17(23-15)16(21)18(25-19)12-6-3-1-2-4-7-12/h5,8-10,12H,1-4,6-7,11H2,(H,22,23). The number of aromatic nitrogens is 1. The van der Waals surface area contributed by atoms with Crippen LogP contribution in [-0.4, -0.2) is 4.98 Å². The van der Waals surface area contributed by atoms with E-state index in [0.29, 0.717) is 11.1 Å². The molecule has 4 rings (SSSR count). The lowest BCUT2D eigenvalue weighted by atomic mass is 9.98. The molecule has 0 unspecified atom stereocenters. The van der Waals surface area contributed by atoms with Crippen molar-refractivity contribution in [2.24, 2.45) is 0 Å². The van der Waals surface area contributed by atoms with Crippen LogP contribution in [0.25, 0.3) is 10.2 Å². The van der Waals surface area contributed by atoms with Crippen molar-refractivity contribution in [1.29, 1.82) is 0 Å². The monoisotopic (exact) mass is 410 g/mol. The van der Waals surface area contributed by atoms with Gasteiger partial charge in [0.25, 0.3) is 0 Å². The van der Waals surface area contributed by atoms with E-state index in [2.05, 4.69) is 27.8 Å². The second-order valence-corrected chi connectivity index (χ2v) is 9.42. The van der Waals surface area contributed by atoms with Crippen LogP contribution in [0.4, 0.5) is 5.69 Å². The molecular formula is C19H20Cl2N2S2. The van der Waals surface area contributed by atoms with Crippen LogP contribution in [0.2, 0.25) is 10.2 Å². The van der Waals surface area contributed by atoms with Crippen LogP contribution in [0.15, 0.2) is 23.6 Å². The van der Waals surface area contributed by atoms with E-state index < -0.39 is 0 Å². The van der Waals surface area contributed by atoms with E-state index >= 15 is 0 Å². The third-order valence-corrected chi connectivity index (χ3v) is 7.78. The lowest BCUT2D eigenvalue weighted by Gasteiger charge is -2.12. The third kappa shape index (κ3) is 3.82. The number of fused-ring (bicyclic) bond motifs is 1. The Bertz CT molecular complexity index is 850. The van der Waals surface area contributed by atoms with Crippen molar-refractivity contribution >= 4 is 61.8 Å². The molecule has 132 valence electrons. The lowest BCUT2D eigenvalue weighted by molar-refractivity contribution is 0.602. The number of anilines is 1. The van der Waals surface area contributed by atoms with Gasteiger partial charge in [0.05, 0.1) is 15.4 Å². The Morgan fingerprint density at radius 2 is 1.96 bits per heavy atom. The van der Waals surface area contributed by atoms with Crippen LogP contribution in [0.5, 0.6) is 0 Å². The number of halogens is 2. The molecule has 1 fully saturated rings. The molecule has 1 saturated carbocycles. The van der Waals surface area contributed by atoms with Gasteiger partial charge < -0.3 is 5.32 Å². The maximum Gasteiger partial charge on any atom is 0.131 e. The van der Waals surface area contributed by atoms with Gasteiger partial charge in [0.2, 0.25) is 0 Å². The number of pyridine rings is 1. The van der Waals surface area contributed by atoms with Gasteiger partial charge in [0, 0.05) is 22.4 Å². The topological polar surface area (TPSA) is 24.9 Å². The smallest absolute Gasteiger partial charge is 0.131 e. The Labute approximate surface area is 166 Å². The number of rotatable bonds is 4. The molecule has 0 amide bonds. The highest BCUT2D eigenvalue weighted by Crippen LogP contribution is 2.46. The van der Waals surface area contributed by atoms with Crippen LogP contribution in [0.1, 0.15) is 54.2 Å². The predicted molar refractivity (Wildman–Crippen MR) is 112 cm³/mol. The first-order valence-corrected chi connectivity index (χ1v) is 11.2. The molecule has 0 bridgehead atoms. The first-order valence-electron chi connectivity index (χ1n) is 8.77. The molecule has 0 saturated heterocycles. The summed E-state index contributed by atoms with van der Waals surface area (Å²) in [4.78, 5) is 7.12. The second kappa shape index (κ2) is 7.83. The van der Waals surface area contributed by atoms with Gasteiger partial charge in [-0.05, 0) is 30.2 Å². The Hall–Kier alpha value is -0.810. The number of nitrogens with one attached hydrogen (secondary N) is 1. The molecule has 3 aromatic rings. The summed E-state index contributed by atoms with van der Waals surface area (Å²) in [5.41, 5.74) is 1.89. The normalized spacial score (nSPS) is 16.2. The Morgan fingerprint density at radius 1 is 1.16 bits per heavy atom. The number of hydrogen-bond acceptors (Lipinski definition) is 4. The first-order chi connectivity index (χ1) is 12.2. The van der Waals surface area contributed by atoms with Crippen LogP contribution >= 0.6 is 45.9 Å². The molecule has 0 radical (unpaired) electrons.